The summed E-state index contributed by atoms with van der Waals surface area (Å²) < 4.78 is 5.16. The van der Waals surface area contributed by atoms with Gasteiger partial charge in [-0.2, -0.15) is 0 Å². The molecule has 0 unspecified atom stereocenters. The lowest BCUT2D eigenvalue weighted by molar-refractivity contribution is 0.283. The number of aliphatic hydroxyl groups excluding tert-OH is 1. The van der Waals surface area contributed by atoms with Gasteiger partial charge in [-0.3, -0.25) is 4.98 Å². The second-order valence-electron chi connectivity index (χ2n) is 4.29. The maximum atomic E-state index is 9.18. The lowest BCUT2D eigenvalue weighted by atomic mass is 10.1. The first-order chi connectivity index (χ1) is 8.70. The fraction of sp³-hybridized carbons (Fsp3) is 0.231. The largest absolute Gasteiger partial charge is 0.392 e. The van der Waals surface area contributed by atoms with Crippen molar-refractivity contribution < 1.29 is 9.63 Å². The van der Waals surface area contributed by atoms with Crippen LogP contribution in [0.1, 0.15) is 17.0 Å². The third kappa shape index (κ3) is 1.52. The molecule has 0 aliphatic carbocycles. The van der Waals surface area contributed by atoms with Crippen molar-refractivity contribution in [1.82, 2.24) is 15.1 Å². The van der Waals surface area contributed by atoms with Gasteiger partial charge in [-0.15, -0.1) is 0 Å². The fourth-order valence-corrected chi connectivity index (χ4v) is 2.22. The number of aliphatic hydroxyl groups is 1. The van der Waals surface area contributed by atoms with Gasteiger partial charge in [0.1, 0.15) is 5.76 Å². The fourth-order valence-electron chi connectivity index (χ4n) is 2.22. The zero-order valence-corrected chi connectivity index (χ0v) is 10.2. The molecule has 0 aliphatic rings. The van der Waals surface area contributed by atoms with Gasteiger partial charge >= 0.3 is 0 Å². The van der Waals surface area contributed by atoms with E-state index in [0.29, 0.717) is 0 Å². The summed E-state index contributed by atoms with van der Waals surface area (Å²) in [5.41, 5.74) is 5.29. The van der Waals surface area contributed by atoms with Crippen LogP contribution in [0, 0.1) is 13.8 Å². The van der Waals surface area contributed by atoms with E-state index in [1.807, 2.05) is 19.9 Å². The van der Waals surface area contributed by atoms with E-state index in [2.05, 4.69) is 15.1 Å². The first kappa shape index (κ1) is 11.0. The zero-order chi connectivity index (χ0) is 12.7. The molecule has 3 aromatic heterocycles. The minimum atomic E-state index is -0.0162. The van der Waals surface area contributed by atoms with Crippen molar-refractivity contribution >= 4 is 11.0 Å². The Morgan fingerprint density at radius 2 is 2.22 bits per heavy atom. The number of pyridine rings is 1. The molecule has 5 heteroatoms. The third-order valence-corrected chi connectivity index (χ3v) is 3.09. The predicted octanol–water partition coefficient (Wildman–Crippen LogP) is 2.33. The van der Waals surface area contributed by atoms with Gasteiger partial charge in [0.15, 0.2) is 0 Å². The van der Waals surface area contributed by atoms with E-state index >= 15 is 0 Å². The third-order valence-electron chi connectivity index (χ3n) is 3.09. The van der Waals surface area contributed by atoms with Crippen LogP contribution in [0.15, 0.2) is 23.0 Å². The van der Waals surface area contributed by atoms with Crippen LogP contribution in [0.2, 0.25) is 0 Å². The van der Waals surface area contributed by atoms with E-state index in [0.717, 1.165) is 39.2 Å². The summed E-state index contributed by atoms with van der Waals surface area (Å²) in [6, 6.07) is 1.99. The highest BCUT2D eigenvalue weighted by atomic mass is 16.5. The van der Waals surface area contributed by atoms with Gasteiger partial charge in [0.25, 0.3) is 0 Å². The molecular formula is C13H13N3O2. The number of aromatic amines is 1. The Morgan fingerprint density at radius 3 is 2.89 bits per heavy atom. The van der Waals surface area contributed by atoms with Crippen LogP contribution in [-0.2, 0) is 6.61 Å². The highest BCUT2D eigenvalue weighted by Gasteiger charge is 2.13. The molecule has 3 heterocycles. The normalized spacial score (nSPS) is 11.3. The van der Waals surface area contributed by atoms with E-state index in [1.165, 1.54) is 0 Å². The average Bonchev–Trinajstić information content (AvgIpc) is 2.92. The molecule has 5 nitrogen and oxygen atoms in total. The molecular weight excluding hydrogens is 230 g/mol. The molecule has 0 spiro atoms. The summed E-state index contributed by atoms with van der Waals surface area (Å²) >= 11 is 0. The first-order valence-corrected chi connectivity index (χ1v) is 5.71. The van der Waals surface area contributed by atoms with Gasteiger partial charge in [-0.05, 0) is 19.9 Å². The van der Waals surface area contributed by atoms with Crippen molar-refractivity contribution in [3.05, 3.63) is 35.5 Å². The number of hydrogen-bond donors (Lipinski definition) is 2. The molecule has 2 N–H and O–H groups in total. The highest BCUT2D eigenvalue weighted by Crippen LogP contribution is 2.28. The number of H-pyrrole nitrogens is 1. The summed E-state index contributed by atoms with van der Waals surface area (Å²) in [5.74, 6) is 0.780. The summed E-state index contributed by atoms with van der Waals surface area (Å²) in [5, 5.41) is 13.1. The Kier molecular flexibility index (Phi) is 2.41. The van der Waals surface area contributed by atoms with Gasteiger partial charge in [0, 0.05) is 29.1 Å². The number of aryl methyl sites for hydroxylation is 2. The van der Waals surface area contributed by atoms with Crippen LogP contribution < -0.4 is 0 Å². The van der Waals surface area contributed by atoms with Gasteiger partial charge in [0.2, 0.25) is 0 Å². The quantitative estimate of drug-likeness (QED) is 0.724. The van der Waals surface area contributed by atoms with E-state index < -0.39 is 0 Å². The molecule has 0 radical (unpaired) electrons. The molecule has 0 bridgehead atoms. The molecule has 3 rings (SSSR count). The number of hydrogen-bond acceptors (Lipinski definition) is 4. The molecule has 3 aromatic rings. The number of aromatic nitrogens is 3. The first-order valence-electron chi connectivity index (χ1n) is 5.71. The Morgan fingerprint density at radius 1 is 1.39 bits per heavy atom. The Balaban J connectivity index is 2.20. The van der Waals surface area contributed by atoms with E-state index in [9.17, 15) is 5.11 Å². The highest BCUT2D eigenvalue weighted by molar-refractivity contribution is 5.84. The lowest BCUT2D eigenvalue weighted by Gasteiger charge is -2.00. The molecule has 0 atom stereocenters. The van der Waals surface area contributed by atoms with Gasteiger partial charge in [0.05, 0.1) is 23.3 Å². The van der Waals surface area contributed by atoms with Crippen LogP contribution in [-0.4, -0.2) is 20.2 Å². The molecule has 18 heavy (non-hydrogen) atoms. The molecule has 0 amide bonds. The van der Waals surface area contributed by atoms with Crippen LogP contribution in [0.3, 0.4) is 0 Å². The van der Waals surface area contributed by atoms with E-state index in [4.69, 9.17) is 4.52 Å². The van der Waals surface area contributed by atoms with Crippen LogP contribution in [0.4, 0.5) is 0 Å². The maximum absolute atomic E-state index is 9.18. The second-order valence-corrected chi connectivity index (χ2v) is 4.29. The molecule has 0 aromatic carbocycles. The molecule has 92 valence electrons. The maximum Gasteiger partial charge on any atom is 0.141 e. The predicted molar refractivity (Wildman–Crippen MR) is 67.0 cm³/mol. The SMILES string of the molecule is Cc1noc(C)c1-c1cnc2c(CO)c[nH]c2c1. The van der Waals surface area contributed by atoms with Crippen LogP contribution in [0.25, 0.3) is 22.2 Å². The van der Waals surface area contributed by atoms with Crippen molar-refractivity contribution in [2.24, 2.45) is 0 Å². The van der Waals surface area contributed by atoms with Gasteiger partial charge in [-0.25, -0.2) is 0 Å². The number of nitrogens with one attached hydrogen (secondary N) is 1. The smallest absolute Gasteiger partial charge is 0.141 e. The Hall–Kier alpha value is -2.14. The molecule has 0 saturated carbocycles. The standard InChI is InChI=1S/C13H13N3O2/c1-7-12(8(2)18-16-7)9-3-11-13(15-4-9)10(6-17)5-14-11/h3-5,14,17H,6H2,1-2H3. The van der Waals surface area contributed by atoms with Crippen molar-refractivity contribution in [3.63, 3.8) is 0 Å². The van der Waals surface area contributed by atoms with Crippen molar-refractivity contribution in [3.8, 4) is 11.1 Å². The molecule has 0 saturated heterocycles. The van der Waals surface area contributed by atoms with E-state index in [-0.39, 0.29) is 6.61 Å². The second kappa shape index (κ2) is 3.96. The van der Waals surface area contributed by atoms with Gasteiger partial charge in [-0.1, -0.05) is 5.16 Å². The average molecular weight is 243 g/mol. The monoisotopic (exact) mass is 243 g/mol. The van der Waals surface area contributed by atoms with Crippen molar-refractivity contribution in [2.75, 3.05) is 0 Å². The molecule has 0 aliphatic heterocycles. The minimum Gasteiger partial charge on any atom is -0.392 e. The Labute approximate surface area is 103 Å². The Bertz CT molecular complexity index is 693. The van der Waals surface area contributed by atoms with Crippen molar-refractivity contribution in [1.29, 1.82) is 0 Å². The number of fused-ring (bicyclic) bond motifs is 1. The van der Waals surface area contributed by atoms with Crippen LogP contribution >= 0.6 is 0 Å². The summed E-state index contributed by atoms with van der Waals surface area (Å²) in [4.78, 5) is 7.50. The lowest BCUT2D eigenvalue weighted by Crippen LogP contribution is -1.86. The number of rotatable bonds is 2. The zero-order valence-electron chi connectivity index (χ0n) is 10.2. The van der Waals surface area contributed by atoms with Crippen molar-refractivity contribution in [2.45, 2.75) is 20.5 Å². The topological polar surface area (TPSA) is 74.9 Å². The van der Waals surface area contributed by atoms with E-state index in [1.54, 1.807) is 12.4 Å². The number of nitrogens with zero attached hydrogens (tertiary/aromatic N) is 2. The van der Waals surface area contributed by atoms with Gasteiger partial charge < -0.3 is 14.6 Å². The summed E-state index contributed by atoms with van der Waals surface area (Å²) in [6.45, 7) is 3.77. The minimum absolute atomic E-state index is 0.0162. The molecule has 0 fully saturated rings. The van der Waals surface area contributed by atoms with Crippen LogP contribution in [0.5, 0.6) is 0 Å². The summed E-state index contributed by atoms with van der Waals surface area (Å²) in [7, 11) is 0. The summed E-state index contributed by atoms with van der Waals surface area (Å²) in [6.07, 6.45) is 3.55.